The predicted octanol–water partition coefficient (Wildman–Crippen LogP) is 6.57. The van der Waals surface area contributed by atoms with Crippen molar-refractivity contribution in [2.45, 2.75) is 59.8 Å². The highest BCUT2D eigenvalue weighted by atomic mass is 16.3. The van der Waals surface area contributed by atoms with Crippen LogP contribution in [0.25, 0.3) is 0 Å². The zero-order valence-electron chi connectivity index (χ0n) is 19.2. The van der Waals surface area contributed by atoms with Gasteiger partial charge in [0.15, 0.2) is 0 Å². The number of aliphatic imine (C=N–C) groups is 1. The van der Waals surface area contributed by atoms with Crippen LogP contribution in [0.4, 0.5) is 11.4 Å². The van der Waals surface area contributed by atoms with Gasteiger partial charge >= 0.3 is 0 Å². The largest absolute Gasteiger partial charge is 0.508 e. The maximum Gasteiger partial charge on any atom is 0.116 e. The maximum atomic E-state index is 9.71. The number of benzene rings is 3. The fraction of sp³-hybridized carbons (Fsp3) is 0.321. The van der Waals surface area contributed by atoms with E-state index in [1.807, 2.05) is 18.3 Å². The van der Waals surface area contributed by atoms with E-state index in [1.54, 1.807) is 12.1 Å². The molecule has 0 saturated carbocycles. The first kappa shape index (κ1) is 22.6. The van der Waals surface area contributed by atoms with Crippen LogP contribution in [0, 0.1) is 0 Å². The van der Waals surface area contributed by atoms with Gasteiger partial charge in [0.05, 0.1) is 5.69 Å². The highest BCUT2D eigenvalue weighted by molar-refractivity contribution is 5.83. The van der Waals surface area contributed by atoms with Gasteiger partial charge in [-0.2, -0.15) is 0 Å². The molecule has 0 radical (unpaired) electrons. The number of nitrogen functional groups attached to an aromatic ring is 1. The summed E-state index contributed by atoms with van der Waals surface area (Å²) in [6.45, 7) is 8.69. The molecule has 0 aliphatic carbocycles. The van der Waals surface area contributed by atoms with Gasteiger partial charge in [-0.15, -0.1) is 0 Å². The average molecular weight is 415 g/mol. The van der Waals surface area contributed by atoms with Crippen molar-refractivity contribution in [2.75, 3.05) is 5.73 Å². The van der Waals surface area contributed by atoms with E-state index in [1.165, 1.54) is 33.4 Å². The predicted molar refractivity (Wildman–Crippen MR) is 133 cm³/mol. The fourth-order valence-corrected chi connectivity index (χ4v) is 4.16. The first-order valence-electron chi connectivity index (χ1n) is 11.4. The number of aryl methyl sites for hydroxylation is 4. The van der Waals surface area contributed by atoms with Gasteiger partial charge in [0.1, 0.15) is 5.75 Å². The molecule has 0 aliphatic heterocycles. The molecule has 0 spiro atoms. The van der Waals surface area contributed by atoms with Crippen LogP contribution >= 0.6 is 0 Å². The lowest BCUT2D eigenvalue weighted by atomic mass is 9.93. The Bertz CT molecular complexity index is 1030. The summed E-state index contributed by atoms with van der Waals surface area (Å²) in [4.78, 5) is 4.82. The summed E-state index contributed by atoms with van der Waals surface area (Å²) in [7, 11) is 0. The number of nitrogens with two attached hydrogens (primary N) is 1. The molecule has 0 saturated heterocycles. The molecular weight excluding hydrogens is 380 g/mol. The van der Waals surface area contributed by atoms with Gasteiger partial charge in [0.25, 0.3) is 0 Å². The van der Waals surface area contributed by atoms with E-state index in [4.69, 9.17) is 10.7 Å². The SMILES string of the molecule is CCc1cc(Cc2cc(CC)c(/N=C/c3cccc(O)c3)c(CC)c2)cc(CC)c1N. The molecule has 3 aromatic carbocycles. The minimum absolute atomic E-state index is 0.257. The van der Waals surface area contributed by atoms with E-state index in [9.17, 15) is 5.11 Å². The number of hydrogen-bond acceptors (Lipinski definition) is 3. The average Bonchev–Trinajstić information content (AvgIpc) is 2.78. The molecule has 0 unspecified atom stereocenters. The van der Waals surface area contributed by atoms with Gasteiger partial charge in [0.2, 0.25) is 0 Å². The Kier molecular flexibility index (Phi) is 7.51. The summed E-state index contributed by atoms with van der Waals surface area (Å²) >= 11 is 0. The van der Waals surface area contributed by atoms with Crippen molar-refractivity contribution < 1.29 is 5.11 Å². The maximum absolute atomic E-state index is 9.71. The number of nitrogens with zero attached hydrogens (tertiary/aromatic N) is 1. The molecule has 3 nitrogen and oxygen atoms in total. The third-order valence-corrected chi connectivity index (χ3v) is 5.88. The van der Waals surface area contributed by atoms with E-state index >= 15 is 0 Å². The highest BCUT2D eigenvalue weighted by Crippen LogP contribution is 2.30. The van der Waals surface area contributed by atoms with Crippen LogP contribution in [0.1, 0.15) is 66.6 Å². The van der Waals surface area contributed by atoms with Crippen molar-refractivity contribution in [1.29, 1.82) is 0 Å². The second-order valence-electron chi connectivity index (χ2n) is 8.03. The van der Waals surface area contributed by atoms with Gasteiger partial charge in [-0.25, -0.2) is 0 Å². The summed E-state index contributed by atoms with van der Waals surface area (Å²) in [5, 5.41) is 9.71. The van der Waals surface area contributed by atoms with E-state index in [-0.39, 0.29) is 5.75 Å². The lowest BCUT2D eigenvalue weighted by Crippen LogP contribution is -2.02. The zero-order chi connectivity index (χ0) is 22.4. The Balaban J connectivity index is 1.97. The number of phenolic OH excluding ortho intramolecular Hbond substituents is 1. The number of rotatable bonds is 8. The first-order chi connectivity index (χ1) is 15.0. The third kappa shape index (κ3) is 5.35. The summed E-state index contributed by atoms with van der Waals surface area (Å²) in [6, 6.07) is 16.3. The smallest absolute Gasteiger partial charge is 0.116 e. The first-order valence-corrected chi connectivity index (χ1v) is 11.4. The van der Waals surface area contributed by atoms with E-state index in [0.717, 1.165) is 49.0 Å². The van der Waals surface area contributed by atoms with Crippen molar-refractivity contribution in [1.82, 2.24) is 0 Å². The molecule has 162 valence electrons. The van der Waals surface area contributed by atoms with Crippen LogP contribution in [-0.2, 0) is 32.1 Å². The number of hydrogen-bond donors (Lipinski definition) is 2. The Morgan fingerprint density at radius 1 is 0.774 bits per heavy atom. The molecule has 3 aromatic rings. The second-order valence-corrected chi connectivity index (χ2v) is 8.03. The molecule has 3 N–H and O–H groups in total. The molecule has 0 amide bonds. The molecule has 0 heterocycles. The van der Waals surface area contributed by atoms with Crippen LogP contribution in [0.5, 0.6) is 5.75 Å². The Morgan fingerprint density at radius 3 is 1.77 bits per heavy atom. The lowest BCUT2D eigenvalue weighted by molar-refractivity contribution is 0.475. The van der Waals surface area contributed by atoms with Crippen LogP contribution < -0.4 is 5.73 Å². The van der Waals surface area contributed by atoms with Crippen molar-refractivity contribution in [2.24, 2.45) is 4.99 Å². The van der Waals surface area contributed by atoms with Crippen LogP contribution in [0.2, 0.25) is 0 Å². The molecule has 0 bridgehead atoms. The summed E-state index contributed by atoms with van der Waals surface area (Å²) in [5.74, 6) is 0.257. The van der Waals surface area contributed by atoms with Crippen molar-refractivity contribution in [3.8, 4) is 5.75 Å². The third-order valence-electron chi connectivity index (χ3n) is 5.88. The quantitative estimate of drug-likeness (QED) is 0.324. The van der Waals surface area contributed by atoms with E-state index < -0.39 is 0 Å². The van der Waals surface area contributed by atoms with Crippen molar-refractivity contribution >= 4 is 17.6 Å². The van der Waals surface area contributed by atoms with Gasteiger partial charge in [-0.05, 0) is 83.2 Å². The molecule has 3 rings (SSSR count). The molecular formula is C28H34N2O. The fourth-order valence-electron chi connectivity index (χ4n) is 4.16. The summed E-state index contributed by atoms with van der Waals surface area (Å²) in [5.41, 5.74) is 16.9. The molecule has 0 aliphatic rings. The molecule has 0 atom stereocenters. The van der Waals surface area contributed by atoms with Gasteiger partial charge in [-0.1, -0.05) is 64.1 Å². The highest BCUT2D eigenvalue weighted by Gasteiger charge is 2.11. The Labute approximate surface area is 186 Å². The minimum atomic E-state index is 0.257. The molecule has 31 heavy (non-hydrogen) atoms. The normalized spacial score (nSPS) is 11.4. The molecule has 0 fully saturated rings. The minimum Gasteiger partial charge on any atom is -0.508 e. The topological polar surface area (TPSA) is 58.6 Å². The molecule has 3 heteroatoms. The van der Waals surface area contributed by atoms with Gasteiger partial charge in [-0.3, -0.25) is 4.99 Å². The van der Waals surface area contributed by atoms with E-state index in [0.29, 0.717) is 0 Å². The van der Waals surface area contributed by atoms with E-state index in [2.05, 4.69) is 52.0 Å². The lowest BCUT2D eigenvalue weighted by Gasteiger charge is -2.15. The second kappa shape index (κ2) is 10.3. The van der Waals surface area contributed by atoms with Crippen LogP contribution in [0.3, 0.4) is 0 Å². The zero-order valence-corrected chi connectivity index (χ0v) is 19.2. The summed E-state index contributed by atoms with van der Waals surface area (Å²) in [6.07, 6.45) is 6.50. The van der Waals surface area contributed by atoms with Crippen molar-refractivity contribution in [3.63, 3.8) is 0 Å². The van der Waals surface area contributed by atoms with Crippen molar-refractivity contribution in [3.05, 3.63) is 87.5 Å². The number of aromatic hydroxyl groups is 1. The number of phenols is 1. The Hall–Kier alpha value is -3.07. The number of anilines is 1. The van der Waals surface area contributed by atoms with Crippen LogP contribution in [-0.4, -0.2) is 11.3 Å². The monoisotopic (exact) mass is 414 g/mol. The Morgan fingerprint density at radius 2 is 1.29 bits per heavy atom. The van der Waals surface area contributed by atoms with Gasteiger partial charge in [0, 0.05) is 11.9 Å². The molecule has 0 aromatic heterocycles. The summed E-state index contributed by atoms with van der Waals surface area (Å²) < 4.78 is 0. The standard InChI is InChI=1S/C28H34N2O/c1-5-22-13-20(14-23(6-2)27(22)29)12-21-15-24(7-3)28(25(8-4)16-21)30-18-19-10-9-11-26(31)17-19/h9-11,13-18,31H,5-8,12,29H2,1-4H3/b30-18+. The van der Waals surface area contributed by atoms with Crippen LogP contribution in [0.15, 0.2) is 53.5 Å². The van der Waals surface area contributed by atoms with Gasteiger partial charge < -0.3 is 10.8 Å².